The number of ether oxygens (including phenoxy) is 1. The van der Waals surface area contributed by atoms with Crippen molar-refractivity contribution in [2.45, 2.75) is 64.0 Å². The van der Waals surface area contributed by atoms with Gasteiger partial charge in [0.15, 0.2) is 12.3 Å². The monoisotopic (exact) mass is 727 g/mol. The average Bonchev–Trinajstić information content (AvgIpc) is 3.45. The Hall–Kier alpha value is -5.38. The number of methoxy groups -OCH3 is 1. The van der Waals surface area contributed by atoms with Gasteiger partial charge in [-0.15, -0.1) is 0 Å². The van der Waals surface area contributed by atoms with Crippen LogP contribution in [0.2, 0.25) is 0 Å². The minimum Gasteiger partial charge on any atom is -0.495 e. The van der Waals surface area contributed by atoms with E-state index in [-0.39, 0.29) is 16.9 Å². The van der Waals surface area contributed by atoms with Crippen molar-refractivity contribution in [3.63, 3.8) is 0 Å². The Morgan fingerprint density at radius 3 is 1.87 bits per heavy atom. The first-order chi connectivity index (χ1) is 24.9. The number of anilines is 1. The van der Waals surface area contributed by atoms with E-state index in [0.29, 0.717) is 52.8 Å². The Morgan fingerprint density at radius 1 is 0.717 bits per heavy atom. The molecule has 0 unspecified atom stereocenters. The first-order valence-electron chi connectivity index (χ1n) is 17.1. The summed E-state index contributed by atoms with van der Waals surface area (Å²) in [5.74, 6) is -0.0496. The molecule has 2 heterocycles. The van der Waals surface area contributed by atoms with Crippen molar-refractivity contribution in [2.24, 2.45) is 0 Å². The number of halogens is 6. The molecular formula is C43H37F6N2O2+. The number of carbonyl (C=O) groups is 1. The van der Waals surface area contributed by atoms with E-state index < -0.39 is 34.3 Å². The van der Waals surface area contributed by atoms with Gasteiger partial charge >= 0.3 is 12.4 Å². The maximum atomic E-state index is 14.2. The van der Waals surface area contributed by atoms with E-state index >= 15 is 0 Å². The number of rotatable bonds is 7. The lowest BCUT2D eigenvalue weighted by Crippen LogP contribution is -2.32. The fourth-order valence-electron chi connectivity index (χ4n) is 7.69. The third-order valence-electron chi connectivity index (χ3n) is 10.6. The third-order valence-corrected chi connectivity index (χ3v) is 10.6. The minimum absolute atomic E-state index is 0.256. The summed E-state index contributed by atoms with van der Waals surface area (Å²) in [6.07, 6.45) is -5.67. The third kappa shape index (κ3) is 6.17. The zero-order chi connectivity index (χ0) is 38.1. The van der Waals surface area contributed by atoms with Crippen LogP contribution in [-0.2, 0) is 45.8 Å². The van der Waals surface area contributed by atoms with Crippen molar-refractivity contribution in [1.29, 1.82) is 0 Å². The summed E-state index contributed by atoms with van der Waals surface area (Å²) in [4.78, 5) is 16.1. The number of hydrogen-bond acceptors (Lipinski definition) is 3. The fourth-order valence-corrected chi connectivity index (χ4v) is 7.69. The van der Waals surface area contributed by atoms with E-state index in [1.54, 1.807) is 12.2 Å². The Balaban J connectivity index is 1.36. The largest absolute Gasteiger partial charge is 0.495 e. The van der Waals surface area contributed by atoms with Gasteiger partial charge in [-0.25, -0.2) is 0 Å². The number of Topliss-reactive ketones (excluding diaryl/α,β-unsaturated/α-hetero) is 1. The van der Waals surface area contributed by atoms with E-state index in [1.807, 2.05) is 97.8 Å². The molecule has 10 heteroatoms. The number of alkyl halides is 6. The maximum Gasteiger partial charge on any atom is 0.416 e. The van der Waals surface area contributed by atoms with Gasteiger partial charge in [0.1, 0.15) is 5.76 Å². The quantitative estimate of drug-likeness (QED) is 0.108. The number of benzene rings is 4. The molecule has 272 valence electrons. The molecule has 4 aromatic carbocycles. The van der Waals surface area contributed by atoms with E-state index in [9.17, 15) is 31.1 Å². The summed E-state index contributed by atoms with van der Waals surface area (Å²) in [7, 11) is 1.44. The van der Waals surface area contributed by atoms with Gasteiger partial charge in [-0.2, -0.15) is 30.9 Å². The molecule has 0 bridgehead atoms. The number of carbonyl (C=O) groups excluding carboxylic acids is 1. The summed E-state index contributed by atoms with van der Waals surface area (Å²) >= 11 is 0. The van der Waals surface area contributed by atoms with E-state index in [4.69, 9.17) is 4.74 Å². The first kappa shape index (κ1) is 36.0. The zero-order valence-electron chi connectivity index (χ0n) is 29.8. The van der Waals surface area contributed by atoms with Crippen LogP contribution in [0.4, 0.5) is 37.7 Å². The highest BCUT2D eigenvalue weighted by Gasteiger charge is 2.49. The predicted molar refractivity (Wildman–Crippen MR) is 192 cm³/mol. The summed E-state index contributed by atoms with van der Waals surface area (Å²) in [6, 6.07) is 26.5. The molecule has 4 nitrogen and oxygen atoms in total. The van der Waals surface area contributed by atoms with Gasteiger partial charge in [-0.1, -0.05) is 74.5 Å². The molecule has 0 spiro atoms. The number of ketones is 1. The van der Waals surface area contributed by atoms with E-state index in [0.717, 1.165) is 23.3 Å². The highest BCUT2D eigenvalue weighted by atomic mass is 19.4. The van der Waals surface area contributed by atoms with Gasteiger partial charge in [0.25, 0.3) is 0 Å². The summed E-state index contributed by atoms with van der Waals surface area (Å²) in [6.45, 7) is 8.03. The lowest BCUT2D eigenvalue weighted by molar-refractivity contribution is -0.455. The molecule has 0 saturated carbocycles. The fraction of sp³-hybridized carbons (Fsp3) is 0.256. The number of allylic oxidation sites excluding steroid dienone is 5. The topological polar surface area (TPSA) is 32.5 Å². The molecule has 3 aliphatic rings. The summed E-state index contributed by atoms with van der Waals surface area (Å²) in [5, 5.41) is 0. The van der Waals surface area contributed by atoms with E-state index in [1.165, 1.54) is 31.4 Å². The van der Waals surface area contributed by atoms with Crippen LogP contribution in [0, 0.1) is 0 Å². The molecule has 0 fully saturated rings. The zero-order valence-corrected chi connectivity index (χ0v) is 29.8. The van der Waals surface area contributed by atoms with Crippen molar-refractivity contribution >= 4 is 22.9 Å². The van der Waals surface area contributed by atoms with Crippen molar-refractivity contribution in [1.82, 2.24) is 0 Å². The van der Waals surface area contributed by atoms with E-state index in [2.05, 4.69) is 0 Å². The molecule has 0 radical (unpaired) electrons. The Morgan fingerprint density at radius 2 is 1.28 bits per heavy atom. The molecule has 0 aromatic heterocycles. The molecule has 2 aliphatic heterocycles. The summed E-state index contributed by atoms with van der Waals surface area (Å²) < 4.78 is 91.1. The van der Waals surface area contributed by atoms with Crippen LogP contribution in [0.5, 0.6) is 0 Å². The molecular weight excluding hydrogens is 690 g/mol. The SMILES string of the molecule is COC1=C(/C=C2\N(Cc3ccccc3)c3ccc(C(F)(F)F)cc3C2(C)C)C(=O)/C1=C/C1=[N+](Cc2ccccc2)c2ccc(C(F)(F)F)cc2C1(C)C. The second-order valence-electron chi connectivity index (χ2n) is 14.6. The molecule has 7 rings (SSSR count). The van der Waals surface area contributed by atoms with Crippen molar-refractivity contribution in [2.75, 3.05) is 12.0 Å². The van der Waals surface area contributed by atoms with Crippen LogP contribution in [0.1, 0.15) is 61.1 Å². The number of nitrogens with zero attached hydrogens (tertiary/aromatic N) is 2. The maximum absolute atomic E-state index is 14.2. The van der Waals surface area contributed by atoms with Gasteiger partial charge in [0.05, 0.1) is 34.8 Å². The summed E-state index contributed by atoms with van der Waals surface area (Å²) in [5.41, 5.74) is 2.42. The van der Waals surface area contributed by atoms with Crippen LogP contribution in [-0.4, -0.2) is 23.2 Å². The number of hydrogen-bond donors (Lipinski definition) is 0. The molecule has 53 heavy (non-hydrogen) atoms. The van der Waals surface area contributed by atoms with Crippen molar-refractivity contribution in [3.05, 3.63) is 165 Å². The molecule has 0 saturated heterocycles. The van der Waals surface area contributed by atoms with Crippen LogP contribution in [0.25, 0.3) is 0 Å². The van der Waals surface area contributed by atoms with Gasteiger partial charge in [0, 0.05) is 46.6 Å². The van der Waals surface area contributed by atoms with Crippen LogP contribution in [0.3, 0.4) is 0 Å². The lowest BCUT2D eigenvalue weighted by Gasteiger charge is -2.30. The molecule has 1 aliphatic carbocycles. The highest BCUT2D eigenvalue weighted by molar-refractivity contribution is 6.24. The highest BCUT2D eigenvalue weighted by Crippen LogP contribution is 2.52. The average molecular weight is 728 g/mol. The molecule has 0 amide bonds. The molecule has 4 aromatic rings. The molecule has 0 atom stereocenters. The second-order valence-corrected chi connectivity index (χ2v) is 14.6. The normalized spacial score (nSPS) is 19.2. The van der Waals surface area contributed by atoms with Gasteiger partial charge < -0.3 is 9.64 Å². The van der Waals surface area contributed by atoms with Crippen LogP contribution < -0.4 is 4.90 Å². The first-order valence-corrected chi connectivity index (χ1v) is 17.1. The van der Waals surface area contributed by atoms with Crippen LogP contribution >= 0.6 is 0 Å². The van der Waals surface area contributed by atoms with Gasteiger partial charge in [-0.05, 0) is 61.4 Å². The number of fused-ring (bicyclic) bond motifs is 2. The van der Waals surface area contributed by atoms with Gasteiger partial charge in [-0.3, -0.25) is 4.79 Å². The molecule has 0 N–H and O–H groups in total. The predicted octanol–water partition coefficient (Wildman–Crippen LogP) is 10.6. The van der Waals surface area contributed by atoms with Crippen molar-refractivity contribution in [3.8, 4) is 0 Å². The minimum atomic E-state index is -4.54. The Labute approximate surface area is 304 Å². The van der Waals surface area contributed by atoms with Crippen molar-refractivity contribution < 1.29 is 40.4 Å². The van der Waals surface area contributed by atoms with Crippen LogP contribution in [0.15, 0.2) is 132 Å². The Bertz CT molecular complexity index is 2260. The van der Waals surface area contributed by atoms with Gasteiger partial charge in [0.2, 0.25) is 11.5 Å². The standard InChI is InChI=1S/C43H37F6N2O2/c1-40(2)32-20-28(42(44,45)46)16-18-34(32)50(24-26-12-8-6-9-13-26)36(40)22-30-38(52)31(39(30)53-5)23-37-41(3,4)33-21-29(43(47,48)49)17-19-35(33)51(37)25-27-14-10-7-11-15-27/h6-23H,24-25H2,1-5H3/q+1. The smallest absolute Gasteiger partial charge is 0.416 e. The Kier molecular flexibility index (Phi) is 8.58. The lowest BCUT2D eigenvalue weighted by atomic mass is 9.77. The second kappa shape index (κ2) is 12.6.